The highest BCUT2D eigenvalue weighted by Crippen LogP contribution is 2.67. The van der Waals surface area contributed by atoms with Gasteiger partial charge in [-0.2, -0.15) is 5.26 Å². The number of rotatable bonds is 1. The van der Waals surface area contributed by atoms with Crippen LogP contribution in [0.25, 0.3) is 0 Å². The molecule has 0 aromatic rings. The number of nitrogens with zero attached hydrogens (tertiary/aromatic N) is 2. The van der Waals surface area contributed by atoms with Gasteiger partial charge in [-0.1, -0.05) is 19.0 Å². The van der Waals surface area contributed by atoms with Crippen molar-refractivity contribution in [2.24, 2.45) is 22.4 Å². The summed E-state index contributed by atoms with van der Waals surface area (Å²) >= 11 is 0. The van der Waals surface area contributed by atoms with Gasteiger partial charge in [0.15, 0.2) is 0 Å². The first-order valence-electron chi connectivity index (χ1n) is 4.78. The van der Waals surface area contributed by atoms with E-state index in [2.05, 4.69) is 25.1 Å². The summed E-state index contributed by atoms with van der Waals surface area (Å²) in [6, 6.07) is 2.29. The second-order valence-electron chi connectivity index (χ2n) is 4.59. The van der Waals surface area contributed by atoms with Gasteiger partial charge in [-0.05, 0) is 17.9 Å². The van der Waals surface area contributed by atoms with Crippen LogP contribution in [-0.2, 0) is 4.84 Å². The zero-order chi connectivity index (χ0) is 10.5. The second kappa shape index (κ2) is 2.60. The Balaban J connectivity index is 2.45. The molecule has 0 radical (unpaired) electrons. The lowest BCUT2D eigenvalue weighted by Crippen LogP contribution is -2.09. The fourth-order valence-electron chi connectivity index (χ4n) is 2.67. The summed E-state index contributed by atoms with van der Waals surface area (Å²) in [7, 11) is 1.55. The third kappa shape index (κ3) is 0.886. The third-order valence-corrected chi connectivity index (χ3v) is 3.53. The standard InChI is InChI=1S/C11H14N2O/c1-6-7(5-12)8-9(11(8,2)3)10(6)13-14-4/h8-9H,1-4H3. The summed E-state index contributed by atoms with van der Waals surface area (Å²) in [6.45, 7) is 6.31. The van der Waals surface area contributed by atoms with Crippen molar-refractivity contribution >= 4 is 5.71 Å². The lowest BCUT2D eigenvalue weighted by molar-refractivity contribution is 0.212. The maximum atomic E-state index is 9.05. The van der Waals surface area contributed by atoms with E-state index in [4.69, 9.17) is 10.1 Å². The van der Waals surface area contributed by atoms with Crippen molar-refractivity contribution in [1.29, 1.82) is 5.26 Å². The van der Waals surface area contributed by atoms with Gasteiger partial charge in [0.25, 0.3) is 0 Å². The number of fused-ring (bicyclic) bond motifs is 1. The Morgan fingerprint density at radius 1 is 1.43 bits per heavy atom. The lowest BCUT2D eigenvalue weighted by Gasteiger charge is -2.09. The predicted octanol–water partition coefficient (Wildman–Crippen LogP) is 2.11. The molecule has 2 aliphatic carbocycles. The lowest BCUT2D eigenvalue weighted by atomic mass is 9.95. The highest BCUT2D eigenvalue weighted by atomic mass is 16.6. The Kier molecular flexibility index (Phi) is 1.72. The van der Waals surface area contributed by atoms with Gasteiger partial charge in [-0.3, -0.25) is 0 Å². The zero-order valence-electron chi connectivity index (χ0n) is 8.96. The summed E-state index contributed by atoms with van der Waals surface area (Å²) in [5.41, 5.74) is 3.08. The zero-order valence-corrected chi connectivity index (χ0v) is 8.96. The molecule has 0 N–H and O–H groups in total. The number of nitriles is 1. The summed E-state index contributed by atoms with van der Waals surface area (Å²) < 4.78 is 0. The van der Waals surface area contributed by atoms with Gasteiger partial charge in [-0.25, -0.2) is 0 Å². The van der Waals surface area contributed by atoms with Gasteiger partial charge in [0.05, 0.1) is 11.8 Å². The van der Waals surface area contributed by atoms with Crippen LogP contribution in [0.5, 0.6) is 0 Å². The Labute approximate surface area is 84.0 Å². The SMILES string of the molecule is CON=C1C(C)=C(C#N)C2C1C2(C)C. The van der Waals surface area contributed by atoms with E-state index < -0.39 is 0 Å². The molecule has 0 bridgehead atoms. The fraction of sp³-hybridized carbons (Fsp3) is 0.636. The van der Waals surface area contributed by atoms with E-state index >= 15 is 0 Å². The van der Waals surface area contributed by atoms with E-state index in [0.29, 0.717) is 11.8 Å². The molecule has 0 spiro atoms. The van der Waals surface area contributed by atoms with E-state index in [9.17, 15) is 0 Å². The van der Waals surface area contributed by atoms with Crippen LogP contribution < -0.4 is 0 Å². The van der Waals surface area contributed by atoms with E-state index in [1.54, 1.807) is 7.11 Å². The molecule has 0 aromatic carbocycles. The van der Waals surface area contributed by atoms with Crippen molar-refractivity contribution in [2.45, 2.75) is 20.8 Å². The first kappa shape index (κ1) is 9.26. The first-order chi connectivity index (χ1) is 6.55. The van der Waals surface area contributed by atoms with Crippen LogP contribution in [0.4, 0.5) is 0 Å². The molecule has 3 nitrogen and oxygen atoms in total. The molecule has 2 rings (SSSR count). The first-order valence-corrected chi connectivity index (χ1v) is 4.78. The molecular weight excluding hydrogens is 176 g/mol. The van der Waals surface area contributed by atoms with Crippen molar-refractivity contribution in [2.75, 3.05) is 7.11 Å². The van der Waals surface area contributed by atoms with E-state index in [1.165, 1.54) is 0 Å². The van der Waals surface area contributed by atoms with Crippen LogP contribution in [-0.4, -0.2) is 12.8 Å². The van der Waals surface area contributed by atoms with Crippen molar-refractivity contribution in [3.05, 3.63) is 11.1 Å². The number of hydrogen-bond donors (Lipinski definition) is 0. The van der Waals surface area contributed by atoms with E-state index in [0.717, 1.165) is 16.9 Å². The monoisotopic (exact) mass is 190 g/mol. The summed E-state index contributed by atoms with van der Waals surface area (Å²) in [5.74, 6) is 0.776. The maximum absolute atomic E-state index is 9.05. The average molecular weight is 190 g/mol. The molecule has 0 aliphatic heterocycles. The number of hydrogen-bond acceptors (Lipinski definition) is 3. The van der Waals surface area contributed by atoms with Crippen LogP contribution in [0.2, 0.25) is 0 Å². The van der Waals surface area contributed by atoms with Gasteiger partial charge < -0.3 is 4.84 Å². The van der Waals surface area contributed by atoms with Crippen LogP contribution >= 0.6 is 0 Å². The highest BCUT2D eigenvalue weighted by Gasteiger charge is 2.66. The molecule has 0 aromatic heterocycles. The van der Waals surface area contributed by atoms with Gasteiger partial charge in [0.2, 0.25) is 0 Å². The molecule has 2 unspecified atom stereocenters. The molecule has 0 saturated heterocycles. The van der Waals surface area contributed by atoms with Gasteiger partial charge >= 0.3 is 0 Å². The molecule has 0 heterocycles. The number of allylic oxidation sites excluding steroid dienone is 2. The van der Waals surface area contributed by atoms with E-state index in [-0.39, 0.29) is 5.41 Å². The van der Waals surface area contributed by atoms with Crippen molar-refractivity contribution < 1.29 is 4.84 Å². The normalized spacial score (nSPS) is 35.5. The Morgan fingerprint density at radius 3 is 2.50 bits per heavy atom. The summed E-state index contributed by atoms with van der Waals surface area (Å²) in [5, 5.41) is 13.1. The minimum atomic E-state index is 0.196. The molecule has 1 fully saturated rings. The van der Waals surface area contributed by atoms with Crippen LogP contribution in [0.15, 0.2) is 16.3 Å². The van der Waals surface area contributed by atoms with Crippen LogP contribution in [0, 0.1) is 28.6 Å². The molecule has 0 amide bonds. The molecular formula is C11H14N2O. The maximum Gasteiger partial charge on any atom is 0.106 e. The number of oxime groups is 1. The van der Waals surface area contributed by atoms with Crippen LogP contribution in [0.1, 0.15) is 20.8 Å². The molecule has 74 valence electrons. The molecule has 14 heavy (non-hydrogen) atoms. The van der Waals surface area contributed by atoms with Crippen molar-refractivity contribution in [1.82, 2.24) is 0 Å². The molecule has 3 heteroatoms. The molecule has 2 atom stereocenters. The predicted molar refractivity (Wildman–Crippen MR) is 53.5 cm³/mol. The van der Waals surface area contributed by atoms with Crippen LogP contribution in [0.3, 0.4) is 0 Å². The fourth-order valence-corrected chi connectivity index (χ4v) is 2.67. The van der Waals surface area contributed by atoms with E-state index in [1.807, 2.05) is 6.92 Å². The molecule has 1 saturated carbocycles. The van der Waals surface area contributed by atoms with Gasteiger partial charge in [0.1, 0.15) is 7.11 Å². The molecule has 2 aliphatic rings. The van der Waals surface area contributed by atoms with Crippen molar-refractivity contribution in [3.63, 3.8) is 0 Å². The average Bonchev–Trinajstić information content (AvgIpc) is 2.53. The smallest absolute Gasteiger partial charge is 0.106 e. The van der Waals surface area contributed by atoms with Crippen molar-refractivity contribution in [3.8, 4) is 6.07 Å². The summed E-state index contributed by atoms with van der Waals surface area (Å²) in [6.07, 6.45) is 0. The highest BCUT2D eigenvalue weighted by molar-refractivity contribution is 6.08. The Bertz CT molecular complexity index is 385. The quantitative estimate of drug-likeness (QED) is 0.594. The third-order valence-electron chi connectivity index (χ3n) is 3.53. The topological polar surface area (TPSA) is 45.4 Å². The minimum absolute atomic E-state index is 0.196. The van der Waals surface area contributed by atoms with Gasteiger partial charge in [0, 0.05) is 17.4 Å². The largest absolute Gasteiger partial charge is 0.399 e. The minimum Gasteiger partial charge on any atom is -0.399 e. The second-order valence-corrected chi connectivity index (χ2v) is 4.59. The Morgan fingerprint density at radius 2 is 2.07 bits per heavy atom. The Hall–Kier alpha value is -1.30. The van der Waals surface area contributed by atoms with Gasteiger partial charge in [-0.15, -0.1) is 0 Å². The summed E-state index contributed by atoms with van der Waals surface area (Å²) in [4.78, 5) is 4.82.